The van der Waals surface area contributed by atoms with Crippen LogP contribution in [-0.4, -0.2) is 34.0 Å². The molecule has 0 amide bonds. The number of hydrogen-bond acceptors (Lipinski definition) is 1. The minimum absolute atomic E-state index is 0.536. The van der Waals surface area contributed by atoms with Gasteiger partial charge in [-0.25, -0.2) is 4.58 Å². The summed E-state index contributed by atoms with van der Waals surface area (Å²) in [6.07, 6.45) is 22.3. The number of aryl methyl sites for hydroxylation is 1. The van der Waals surface area contributed by atoms with E-state index in [2.05, 4.69) is 96.1 Å². The lowest BCUT2D eigenvalue weighted by molar-refractivity contribution is -0.540. The molecule has 7 rings (SSSR count). The van der Waals surface area contributed by atoms with Crippen LogP contribution >= 0.6 is 23.2 Å². The van der Waals surface area contributed by atoms with Crippen LogP contribution in [0.15, 0.2) is 103 Å². The van der Waals surface area contributed by atoms with E-state index in [4.69, 9.17) is 28.9 Å². The Hall–Kier alpha value is -3.37. The zero-order valence-electron chi connectivity index (χ0n) is 27.2. The fraction of sp³-hybridized carbons (Fsp3) is 0.341. The quantitative estimate of drug-likeness (QED) is 0.219. The molecule has 3 aliphatic rings. The lowest BCUT2D eigenvalue weighted by atomic mass is 9.87. The predicted molar refractivity (Wildman–Crippen MR) is 198 cm³/mol. The Morgan fingerprint density at radius 2 is 1.35 bits per heavy atom. The molecule has 0 bridgehead atoms. The van der Waals surface area contributed by atoms with Gasteiger partial charge in [-0.15, -0.1) is 0 Å². The monoisotopic (exact) mass is 650 g/mol. The summed E-state index contributed by atoms with van der Waals surface area (Å²) in [7, 11) is 4.38. The van der Waals surface area contributed by atoms with E-state index in [0.717, 1.165) is 38.0 Å². The van der Waals surface area contributed by atoms with Crippen molar-refractivity contribution in [3.63, 3.8) is 0 Å². The molecule has 0 spiro atoms. The van der Waals surface area contributed by atoms with Crippen LogP contribution in [0.5, 0.6) is 0 Å². The molecule has 3 aromatic carbocycles. The third-order valence-corrected chi connectivity index (χ3v) is 10.5. The van der Waals surface area contributed by atoms with Gasteiger partial charge in [0.1, 0.15) is 7.05 Å². The Kier molecular flexibility index (Phi) is 10.6. The molecule has 1 heterocycles. The van der Waals surface area contributed by atoms with Crippen LogP contribution in [0.4, 0.5) is 0 Å². The Morgan fingerprint density at radius 3 is 1.98 bits per heavy atom. The van der Waals surface area contributed by atoms with Crippen molar-refractivity contribution in [3.05, 3.63) is 124 Å². The average Bonchev–Trinajstić information content (AvgIpc) is 3.39. The molecule has 2 N–H and O–H groups in total. The molecule has 5 heteroatoms. The van der Waals surface area contributed by atoms with E-state index in [-0.39, 0.29) is 0 Å². The normalized spacial score (nSPS) is 17.2. The number of para-hydroxylation sites is 1. The summed E-state index contributed by atoms with van der Waals surface area (Å²) < 4.78 is 4.76. The van der Waals surface area contributed by atoms with E-state index in [0.29, 0.717) is 12.1 Å². The first kappa shape index (κ1) is 32.6. The van der Waals surface area contributed by atoms with E-state index < -0.39 is 0 Å². The van der Waals surface area contributed by atoms with Gasteiger partial charge in [-0.05, 0) is 73.2 Å². The third kappa shape index (κ3) is 7.13. The zero-order valence-corrected chi connectivity index (χ0v) is 28.7. The molecule has 0 radical (unpaired) electrons. The van der Waals surface area contributed by atoms with Gasteiger partial charge in [-0.2, -0.15) is 0 Å². The van der Waals surface area contributed by atoms with E-state index in [1.54, 1.807) is 0 Å². The Morgan fingerprint density at radius 1 is 0.739 bits per heavy atom. The van der Waals surface area contributed by atoms with Crippen molar-refractivity contribution in [1.29, 1.82) is 0 Å². The number of rotatable bonds is 4. The van der Waals surface area contributed by atoms with Crippen molar-refractivity contribution in [2.24, 2.45) is 12.8 Å². The van der Waals surface area contributed by atoms with Crippen LogP contribution in [0.3, 0.4) is 0 Å². The first-order valence-corrected chi connectivity index (χ1v) is 17.7. The highest BCUT2D eigenvalue weighted by atomic mass is 35.5. The summed E-state index contributed by atoms with van der Waals surface area (Å²) in [5.41, 5.74) is 14.8. The van der Waals surface area contributed by atoms with Crippen molar-refractivity contribution < 1.29 is 4.58 Å². The van der Waals surface area contributed by atoms with E-state index in [1.165, 1.54) is 86.4 Å². The van der Waals surface area contributed by atoms with Gasteiger partial charge >= 0.3 is 0 Å². The van der Waals surface area contributed by atoms with Crippen LogP contribution in [-0.2, 0) is 7.05 Å². The lowest BCUT2D eigenvalue weighted by Crippen LogP contribution is -2.29. The highest BCUT2D eigenvalue weighted by molar-refractivity contribution is 6.33. The minimum Gasteiger partial charge on any atom is -0.343 e. The fourth-order valence-electron chi connectivity index (χ4n) is 7.37. The standard InChI is InChI=1S/C35H33Cl2N2.C6H13N/c1-38(27-10-4-3-5-11-27)28-22-18-24(19-23-28)33(29-12-6-8-14-31(29)37)34-30-13-7-9-15-32(30)39(2)35(34)25-16-20-26(36)21-17-25;7-6-4-2-1-3-5-6/h6-9,12-23,27H,3-5,10-11H2,1-2H3;6H,1-5,7H2/q+1;. The zero-order chi connectivity index (χ0) is 32.0. The molecular formula is C41H46Cl2N3+. The molecule has 0 atom stereocenters. The summed E-state index contributed by atoms with van der Waals surface area (Å²) in [6.45, 7) is 0. The molecular weight excluding hydrogens is 605 g/mol. The second kappa shape index (κ2) is 15.0. The number of nitrogens with two attached hydrogens (primary N) is 1. The van der Waals surface area contributed by atoms with Gasteiger partial charge in [0.25, 0.3) is 0 Å². The summed E-state index contributed by atoms with van der Waals surface area (Å²) in [5.74, 6) is 0. The van der Waals surface area contributed by atoms with Gasteiger partial charge in [-0.1, -0.05) is 97.4 Å². The molecule has 3 aliphatic carbocycles. The maximum absolute atomic E-state index is 6.93. The molecule has 4 aromatic rings. The second-order valence-corrected chi connectivity index (χ2v) is 13.9. The largest absolute Gasteiger partial charge is 0.343 e. The molecule has 3 nitrogen and oxygen atoms in total. The van der Waals surface area contributed by atoms with Crippen LogP contribution in [0.2, 0.25) is 10.0 Å². The average molecular weight is 652 g/mol. The van der Waals surface area contributed by atoms with Gasteiger partial charge in [0.2, 0.25) is 0 Å². The van der Waals surface area contributed by atoms with Gasteiger partial charge in [-0.3, -0.25) is 0 Å². The first-order valence-electron chi connectivity index (χ1n) is 17.0. The van der Waals surface area contributed by atoms with Gasteiger partial charge < -0.3 is 10.3 Å². The molecule has 46 heavy (non-hydrogen) atoms. The third-order valence-electron chi connectivity index (χ3n) is 9.95. The number of allylic oxidation sites excluding steroid dienone is 5. The highest BCUT2D eigenvalue weighted by Gasteiger charge is 2.26. The molecule has 0 aliphatic heterocycles. The van der Waals surface area contributed by atoms with E-state index in [9.17, 15) is 0 Å². The maximum atomic E-state index is 6.93. The molecule has 2 fully saturated rings. The first-order chi connectivity index (χ1) is 22.4. The fourth-order valence-corrected chi connectivity index (χ4v) is 7.72. The molecule has 0 unspecified atom stereocenters. The van der Waals surface area contributed by atoms with Crippen molar-refractivity contribution >= 4 is 45.4 Å². The lowest BCUT2D eigenvalue weighted by Gasteiger charge is -2.20. The topological polar surface area (TPSA) is 34.0 Å². The molecule has 1 aromatic heterocycles. The smallest absolute Gasteiger partial charge is 0.199 e. The van der Waals surface area contributed by atoms with Crippen molar-refractivity contribution in [2.75, 3.05) is 7.05 Å². The number of hydrogen-bond donors (Lipinski definition) is 1. The number of aromatic nitrogens is 1. The molecule has 2 saturated carbocycles. The van der Waals surface area contributed by atoms with Crippen molar-refractivity contribution in [2.45, 2.75) is 76.3 Å². The summed E-state index contributed by atoms with van der Waals surface area (Å²) >= 11 is 13.2. The van der Waals surface area contributed by atoms with Crippen molar-refractivity contribution in [3.8, 4) is 11.3 Å². The summed E-state index contributed by atoms with van der Waals surface area (Å²) in [5, 5.41) is 2.67. The number of nitrogens with zero attached hydrogens (tertiary/aromatic N) is 2. The molecule has 238 valence electrons. The molecule has 0 saturated heterocycles. The number of halogens is 2. The van der Waals surface area contributed by atoms with Gasteiger partial charge in [0, 0.05) is 75.7 Å². The van der Waals surface area contributed by atoms with Crippen LogP contribution in [0.1, 0.15) is 75.3 Å². The van der Waals surface area contributed by atoms with Crippen LogP contribution in [0.25, 0.3) is 27.7 Å². The predicted octanol–water partition coefficient (Wildman–Crippen LogP) is 10.8. The summed E-state index contributed by atoms with van der Waals surface area (Å²) in [4.78, 5) is 0. The van der Waals surface area contributed by atoms with Crippen LogP contribution in [0, 0.1) is 0 Å². The second-order valence-electron chi connectivity index (χ2n) is 13.0. The van der Waals surface area contributed by atoms with Gasteiger partial charge in [0.15, 0.2) is 11.8 Å². The minimum atomic E-state index is 0.536. The van der Waals surface area contributed by atoms with E-state index >= 15 is 0 Å². The number of benzene rings is 3. The van der Waals surface area contributed by atoms with E-state index in [1.807, 2.05) is 24.3 Å². The number of fused-ring (bicyclic) bond motifs is 1. The summed E-state index contributed by atoms with van der Waals surface area (Å²) in [6, 6.07) is 26.1. The highest BCUT2D eigenvalue weighted by Crippen LogP contribution is 2.44. The van der Waals surface area contributed by atoms with Crippen molar-refractivity contribution in [1.82, 2.24) is 4.57 Å². The Labute approximate surface area is 284 Å². The Balaban J connectivity index is 0.000000471. The van der Waals surface area contributed by atoms with Gasteiger partial charge in [0.05, 0.1) is 5.69 Å². The maximum Gasteiger partial charge on any atom is 0.199 e. The van der Waals surface area contributed by atoms with Crippen LogP contribution < -0.4 is 5.73 Å². The SMILES string of the molecule is Cn1c(-c2ccc(Cl)cc2)c(C(=C2C=CC(=[N+](C)C3CCCCC3)C=C2)c2ccccc2Cl)c2ccccc21.NC1CCCCC1. The Bertz CT molecular complexity index is 1780.